The molecule has 0 aliphatic carbocycles. The molecule has 1 aliphatic rings. The first-order chi connectivity index (χ1) is 14.5. The van der Waals surface area contributed by atoms with Crippen molar-refractivity contribution in [3.63, 3.8) is 0 Å². The highest BCUT2D eigenvalue weighted by molar-refractivity contribution is 9.10. The fourth-order valence-corrected chi connectivity index (χ4v) is 3.35. The lowest BCUT2D eigenvalue weighted by Gasteiger charge is -2.28. The molecule has 0 aromatic heterocycles. The van der Waals surface area contributed by atoms with E-state index in [9.17, 15) is 9.59 Å². The molecule has 0 spiro atoms. The fraction of sp³-hybridized carbons (Fsp3) is 0.273. The summed E-state index contributed by atoms with van der Waals surface area (Å²) in [5.74, 6) is 0.352. The first kappa shape index (κ1) is 21.9. The van der Waals surface area contributed by atoms with Crippen LogP contribution in [0.15, 0.2) is 52.6 Å². The van der Waals surface area contributed by atoms with Gasteiger partial charge < -0.3 is 25.0 Å². The zero-order valence-electron chi connectivity index (χ0n) is 16.9. The summed E-state index contributed by atoms with van der Waals surface area (Å²) in [6.07, 6.45) is 1.69. The predicted molar refractivity (Wildman–Crippen MR) is 119 cm³/mol. The molecule has 2 aromatic rings. The van der Waals surface area contributed by atoms with Crippen LogP contribution in [-0.4, -0.2) is 57.1 Å². The zero-order chi connectivity index (χ0) is 21.5. The third kappa shape index (κ3) is 5.40. The van der Waals surface area contributed by atoms with E-state index in [0.717, 1.165) is 23.1 Å². The van der Waals surface area contributed by atoms with E-state index in [1.165, 1.54) is 14.2 Å². The number of benzene rings is 2. The number of nitrogens with one attached hydrogen (secondary N) is 2. The van der Waals surface area contributed by atoms with Crippen molar-refractivity contribution in [3.8, 4) is 11.5 Å². The summed E-state index contributed by atoms with van der Waals surface area (Å²) in [6, 6.07) is 12.4. The van der Waals surface area contributed by atoms with E-state index in [2.05, 4.69) is 26.6 Å². The number of amides is 2. The number of piperazine rings is 1. The summed E-state index contributed by atoms with van der Waals surface area (Å²) in [4.78, 5) is 27.8. The predicted octanol–water partition coefficient (Wildman–Crippen LogP) is 2.67. The average Bonchev–Trinajstić information content (AvgIpc) is 2.79. The van der Waals surface area contributed by atoms with Crippen LogP contribution in [0.25, 0.3) is 6.08 Å². The molecule has 1 aliphatic heterocycles. The summed E-state index contributed by atoms with van der Waals surface area (Å²) in [5, 5.41) is 6.01. The lowest BCUT2D eigenvalue weighted by molar-refractivity contribution is -0.127. The Kier molecular flexibility index (Phi) is 7.48. The maximum Gasteiger partial charge on any atom is 0.270 e. The van der Waals surface area contributed by atoms with Gasteiger partial charge in [-0.2, -0.15) is 0 Å². The zero-order valence-corrected chi connectivity index (χ0v) is 18.5. The van der Waals surface area contributed by atoms with E-state index in [-0.39, 0.29) is 11.6 Å². The van der Waals surface area contributed by atoms with Gasteiger partial charge in [0.1, 0.15) is 5.70 Å². The second-order valence-electron chi connectivity index (χ2n) is 6.68. The first-order valence-electron chi connectivity index (χ1n) is 9.52. The highest BCUT2D eigenvalue weighted by atomic mass is 79.9. The van der Waals surface area contributed by atoms with Crippen LogP contribution in [0, 0.1) is 0 Å². The molecule has 158 valence electrons. The normalized spacial score (nSPS) is 14.2. The number of methoxy groups -OCH3 is 2. The Bertz CT molecular complexity index is 938. The SMILES string of the molecule is COc1ccc(C(=O)N/C(=C\c2ccc(Br)cc2)C(=O)N2CCNCC2)cc1OC. The third-order valence-electron chi connectivity index (χ3n) is 4.71. The molecule has 1 saturated heterocycles. The molecule has 8 heteroatoms. The number of carbonyl (C=O) groups excluding carboxylic acids is 2. The van der Waals surface area contributed by atoms with E-state index < -0.39 is 5.91 Å². The van der Waals surface area contributed by atoms with Crippen molar-refractivity contribution in [1.82, 2.24) is 15.5 Å². The molecular weight excluding hydrogens is 450 g/mol. The molecule has 30 heavy (non-hydrogen) atoms. The number of hydrogen-bond donors (Lipinski definition) is 2. The van der Waals surface area contributed by atoms with Crippen LogP contribution in [-0.2, 0) is 4.79 Å². The van der Waals surface area contributed by atoms with Gasteiger partial charge in [0.05, 0.1) is 14.2 Å². The van der Waals surface area contributed by atoms with Gasteiger partial charge in [0, 0.05) is 36.2 Å². The number of carbonyl (C=O) groups is 2. The largest absolute Gasteiger partial charge is 0.493 e. The second kappa shape index (κ2) is 10.3. The lowest BCUT2D eigenvalue weighted by atomic mass is 10.1. The molecule has 3 rings (SSSR count). The number of rotatable bonds is 6. The maximum atomic E-state index is 13.1. The lowest BCUT2D eigenvalue weighted by Crippen LogP contribution is -2.48. The van der Waals surface area contributed by atoms with Crippen LogP contribution >= 0.6 is 15.9 Å². The van der Waals surface area contributed by atoms with Gasteiger partial charge in [-0.15, -0.1) is 0 Å². The number of halogens is 1. The Balaban J connectivity index is 1.88. The van der Waals surface area contributed by atoms with Gasteiger partial charge in [-0.25, -0.2) is 0 Å². The fourth-order valence-electron chi connectivity index (χ4n) is 3.09. The van der Waals surface area contributed by atoms with E-state index in [1.54, 1.807) is 29.2 Å². The van der Waals surface area contributed by atoms with Crippen molar-refractivity contribution >= 4 is 33.8 Å². The van der Waals surface area contributed by atoms with Crippen LogP contribution < -0.4 is 20.1 Å². The minimum absolute atomic E-state index is 0.215. The first-order valence-corrected chi connectivity index (χ1v) is 10.3. The van der Waals surface area contributed by atoms with Crippen LogP contribution in [0.5, 0.6) is 11.5 Å². The average molecular weight is 474 g/mol. The molecule has 2 aromatic carbocycles. The van der Waals surface area contributed by atoms with Crippen molar-refractivity contribution in [2.75, 3.05) is 40.4 Å². The van der Waals surface area contributed by atoms with Gasteiger partial charge in [-0.3, -0.25) is 9.59 Å². The quantitative estimate of drug-likeness (QED) is 0.630. The summed E-state index contributed by atoms with van der Waals surface area (Å²) in [7, 11) is 3.04. The Morgan fingerprint density at radius 1 is 1.03 bits per heavy atom. The molecule has 1 fully saturated rings. The summed E-state index contributed by atoms with van der Waals surface area (Å²) in [5.41, 5.74) is 1.39. The monoisotopic (exact) mass is 473 g/mol. The minimum atomic E-state index is -0.400. The molecule has 0 bridgehead atoms. The van der Waals surface area contributed by atoms with Crippen LogP contribution in [0.4, 0.5) is 0 Å². The molecule has 0 unspecified atom stereocenters. The Morgan fingerprint density at radius 3 is 2.33 bits per heavy atom. The molecule has 1 heterocycles. The Hall–Kier alpha value is -2.84. The number of nitrogens with zero attached hydrogens (tertiary/aromatic N) is 1. The maximum absolute atomic E-state index is 13.1. The molecule has 7 nitrogen and oxygen atoms in total. The van der Waals surface area contributed by atoms with Gasteiger partial charge in [0.25, 0.3) is 11.8 Å². The van der Waals surface area contributed by atoms with E-state index in [1.807, 2.05) is 24.3 Å². The molecule has 2 N–H and O–H groups in total. The van der Waals surface area contributed by atoms with Gasteiger partial charge in [-0.1, -0.05) is 28.1 Å². The Morgan fingerprint density at radius 2 is 1.70 bits per heavy atom. The topological polar surface area (TPSA) is 79.9 Å². The number of hydrogen-bond acceptors (Lipinski definition) is 5. The van der Waals surface area contributed by atoms with Crippen molar-refractivity contribution in [2.45, 2.75) is 0 Å². The highest BCUT2D eigenvalue weighted by Crippen LogP contribution is 2.27. The van der Waals surface area contributed by atoms with Crippen LogP contribution in [0.1, 0.15) is 15.9 Å². The molecule has 2 amide bonds. The van der Waals surface area contributed by atoms with E-state index >= 15 is 0 Å². The van der Waals surface area contributed by atoms with Gasteiger partial charge in [-0.05, 0) is 42.0 Å². The van der Waals surface area contributed by atoms with Gasteiger partial charge in [0.15, 0.2) is 11.5 Å². The standard InChI is InChI=1S/C22H24BrN3O4/c1-29-19-8-5-16(14-20(19)30-2)21(27)25-18(13-15-3-6-17(23)7-4-15)22(28)26-11-9-24-10-12-26/h3-8,13-14,24H,9-12H2,1-2H3,(H,25,27)/b18-13-. The van der Waals surface area contributed by atoms with E-state index in [0.29, 0.717) is 30.2 Å². The molecular formula is C22H24BrN3O4. The summed E-state index contributed by atoms with van der Waals surface area (Å²) < 4.78 is 11.4. The second-order valence-corrected chi connectivity index (χ2v) is 7.59. The minimum Gasteiger partial charge on any atom is -0.493 e. The van der Waals surface area contributed by atoms with Crippen molar-refractivity contribution < 1.29 is 19.1 Å². The van der Waals surface area contributed by atoms with Crippen LogP contribution in [0.3, 0.4) is 0 Å². The molecule has 0 saturated carbocycles. The highest BCUT2D eigenvalue weighted by Gasteiger charge is 2.22. The summed E-state index contributed by atoms with van der Waals surface area (Å²) >= 11 is 3.40. The van der Waals surface area contributed by atoms with Crippen molar-refractivity contribution in [1.29, 1.82) is 0 Å². The smallest absolute Gasteiger partial charge is 0.270 e. The van der Waals surface area contributed by atoms with Gasteiger partial charge >= 0.3 is 0 Å². The summed E-state index contributed by atoms with van der Waals surface area (Å²) in [6.45, 7) is 2.62. The van der Waals surface area contributed by atoms with Crippen LogP contribution in [0.2, 0.25) is 0 Å². The van der Waals surface area contributed by atoms with Crippen molar-refractivity contribution in [3.05, 3.63) is 63.8 Å². The number of ether oxygens (including phenoxy) is 2. The van der Waals surface area contributed by atoms with E-state index in [4.69, 9.17) is 9.47 Å². The Labute approximate surface area is 184 Å². The third-order valence-corrected chi connectivity index (χ3v) is 5.24. The molecule has 0 atom stereocenters. The molecule has 0 radical (unpaired) electrons. The van der Waals surface area contributed by atoms with Crippen molar-refractivity contribution in [2.24, 2.45) is 0 Å². The van der Waals surface area contributed by atoms with Gasteiger partial charge in [0.2, 0.25) is 0 Å².